The Morgan fingerprint density at radius 2 is 1.10 bits per heavy atom. The van der Waals surface area contributed by atoms with Crippen molar-refractivity contribution in [2.45, 2.75) is 111 Å². The zero-order valence-electron chi connectivity index (χ0n) is 26.0. The van der Waals surface area contributed by atoms with Gasteiger partial charge in [-0.1, -0.05) is 115 Å². The maximum absolute atomic E-state index is 15.7. The van der Waals surface area contributed by atoms with Crippen LogP contribution in [0.4, 0.5) is 0 Å². The summed E-state index contributed by atoms with van der Waals surface area (Å²) < 4.78 is 29.7. The smallest absolute Gasteiger partial charge is 0.304 e. The third-order valence-electron chi connectivity index (χ3n) is 9.63. The maximum atomic E-state index is 15.7. The summed E-state index contributed by atoms with van der Waals surface area (Å²) in [6, 6.07) is 20.6. The summed E-state index contributed by atoms with van der Waals surface area (Å²) >= 11 is 0. The number of rotatable bonds is 11. The topological polar surface area (TPSA) is 47.6 Å². The molecule has 4 rings (SSSR count). The maximum Gasteiger partial charge on any atom is 0.352 e. The average molecular weight is 568 g/mol. The van der Waals surface area contributed by atoms with E-state index in [1.807, 2.05) is 24.3 Å². The number of benzene rings is 2. The minimum absolute atomic E-state index is 0.0238. The van der Waals surface area contributed by atoms with Gasteiger partial charge in [0.2, 0.25) is 0 Å². The van der Waals surface area contributed by atoms with Gasteiger partial charge in [0.05, 0.1) is 12.2 Å². The summed E-state index contributed by atoms with van der Waals surface area (Å²) in [5.41, 5.74) is 2.12. The van der Waals surface area contributed by atoms with Gasteiger partial charge in [0.15, 0.2) is 0 Å². The monoisotopic (exact) mass is 567 g/mol. The zero-order chi connectivity index (χ0) is 28.9. The molecular weight excluding hydrogens is 513 g/mol. The first-order valence-corrected chi connectivity index (χ1v) is 17.5. The molecule has 2 fully saturated rings. The van der Waals surface area contributed by atoms with E-state index < -0.39 is 13.4 Å². The van der Waals surface area contributed by atoms with Crippen molar-refractivity contribution in [3.8, 4) is 0 Å². The Morgan fingerprint density at radius 3 is 1.52 bits per heavy atom. The molecule has 0 aliphatic heterocycles. The van der Waals surface area contributed by atoms with Gasteiger partial charge in [0.25, 0.3) is 0 Å². The molecule has 8 unspecified atom stereocenters. The molecule has 2 saturated carbocycles. The van der Waals surface area contributed by atoms with Crippen molar-refractivity contribution in [2.24, 2.45) is 35.5 Å². The molecule has 0 heterocycles. The van der Waals surface area contributed by atoms with E-state index in [9.17, 15) is 0 Å². The molecule has 0 amide bonds. The molecule has 5 heteroatoms. The van der Waals surface area contributed by atoms with Gasteiger partial charge in [-0.25, -0.2) is 0 Å². The van der Waals surface area contributed by atoms with Crippen molar-refractivity contribution < 1.29 is 13.6 Å². The molecule has 4 nitrogen and oxygen atoms in total. The lowest BCUT2D eigenvalue weighted by Gasteiger charge is -2.44. The molecule has 8 atom stereocenters. The lowest BCUT2D eigenvalue weighted by molar-refractivity contribution is -0.00718. The lowest BCUT2D eigenvalue weighted by atomic mass is 9.75. The standard InChI is InChI=1S/C35H54NO3P/c1-24(2)31-20-18-26(5)22-33(31)38-40(37,39-34-23-27(6)19-21-32(34)25(3)4)35(30-16-12-9-13-17-30)36-28(7)29-14-10-8-11-15-29/h8-17,24-28,31-36H,18-23H2,1-7H3. The van der Waals surface area contributed by atoms with E-state index in [-0.39, 0.29) is 18.2 Å². The van der Waals surface area contributed by atoms with Crippen molar-refractivity contribution in [3.05, 3.63) is 71.8 Å². The van der Waals surface area contributed by atoms with Crippen LogP contribution in [-0.4, -0.2) is 12.2 Å². The highest BCUT2D eigenvalue weighted by atomic mass is 31.2. The molecule has 0 bridgehead atoms. The second-order valence-corrected chi connectivity index (χ2v) is 15.6. The van der Waals surface area contributed by atoms with E-state index in [4.69, 9.17) is 9.05 Å². The van der Waals surface area contributed by atoms with E-state index in [0.29, 0.717) is 35.5 Å². The highest BCUT2D eigenvalue weighted by Crippen LogP contribution is 2.64. The predicted octanol–water partition coefficient (Wildman–Crippen LogP) is 10.2. The van der Waals surface area contributed by atoms with Crippen molar-refractivity contribution in [1.29, 1.82) is 0 Å². The minimum atomic E-state index is -3.68. The largest absolute Gasteiger partial charge is 0.352 e. The highest BCUT2D eigenvalue weighted by Gasteiger charge is 2.47. The fraction of sp³-hybridized carbons (Fsp3) is 0.657. The Labute approximate surface area is 244 Å². The Kier molecular flexibility index (Phi) is 11.1. The molecule has 222 valence electrons. The van der Waals surface area contributed by atoms with Crippen LogP contribution >= 0.6 is 7.60 Å². The van der Waals surface area contributed by atoms with Gasteiger partial charge < -0.3 is 9.05 Å². The number of nitrogens with one attached hydrogen (secondary N) is 1. The van der Waals surface area contributed by atoms with Crippen LogP contribution < -0.4 is 5.32 Å². The van der Waals surface area contributed by atoms with Gasteiger partial charge in [0.1, 0.15) is 5.78 Å². The molecular formula is C35H54NO3P. The van der Waals surface area contributed by atoms with Gasteiger partial charge in [0, 0.05) is 6.04 Å². The van der Waals surface area contributed by atoms with Crippen LogP contribution in [0.1, 0.15) is 110 Å². The van der Waals surface area contributed by atoms with Gasteiger partial charge in [-0.3, -0.25) is 9.88 Å². The van der Waals surface area contributed by atoms with Crippen LogP contribution in [0.15, 0.2) is 60.7 Å². The van der Waals surface area contributed by atoms with Crippen molar-refractivity contribution >= 4 is 7.60 Å². The SMILES string of the molecule is CC1CCC(C(C)C)C(OP(=O)(OC2CC(C)CCC2C(C)C)C(NC(C)c2ccccc2)c2ccccc2)C1. The molecule has 0 saturated heterocycles. The summed E-state index contributed by atoms with van der Waals surface area (Å²) in [6.07, 6.45) is 6.34. The summed E-state index contributed by atoms with van der Waals surface area (Å²) in [6.45, 7) is 15.9. The first-order valence-electron chi connectivity index (χ1n) is 15.9. The van der Waals surface area contributed by atoms with Crippen molar-refractivity contribution in [3.63, 3.8) is 0 Å². The first-order chi connectivity index (χ1) is 19.1. The van der Waals surface area contributed by atoms with Gasteiger partial charge >= 0.3 is 7.60 Å². The van der Waals surface area contributed by atoms with Crippen molar-refractivity contribution in [1.82, 2.24) is 5.32 Å². The molecule has 2 aromatic carbocycles. The zero-order valence-corrected chi connectivity index (χ0v) is 26.9. The quantitative estimate of drug-likeness (QED) is 0.274. The van der Waals surface area contributed by atoms with E-state index in [0.717, 1.165) is 36.8 Å². The molecule has 2 aromatic rings. The molecule has 2 aliphatic rings. The first kappa shape index (κ1) is 31.5. The third kappa shape index (κ3) is 7.88. The minimum Gasteiger partial charge on any atom is -0.304 e. The highest BCUT2D eigenvalue weighted by molar-refractivity contribution is 7.54. The molecule has 1 N–H and O–H groups in total. The van der Waals surface area contributed by atoms with E-state index in [1.165, 1.54) is 12.8 Å². The van der Waals surface area contributed by atoms with Crippen LogP contribution in [0, 0.1) is 35.5 Å². The Bertz CT molecular complexity index is 1040. The summed E-state index contributed by atoms with van der Waals surface area (Å²) in [5.74, 6) is 2.24. The second-order valence-electron chi connectivity index (χ2n) is 13.6. The number of hydrogen-bond acceptors (Lipinski definition) is 4. The van der Waals surface area contributed by atoms with E-state index in [2.05, 4.69) is 90.2 Å². The summed E-state index contributed by atoms with van der Waals surface area (Å²) in [4.78, 5) is 0. The van der Waals surface area contributed by atoms with E-state index in [1.54, 1.807) is 0 Å². The lowest BCUT2D eigenvalue weighted by Crippen LogP contribution is -2.38. The fourth-order valence-electron chi connectivity index (χ4n) is 7.08. The Morgan fingerprint density at radius 1 is 0.675 bits per heavy atom. The Balaban J connectivity index is 1.76. The van der Waals surface area contributed by atoms with Crippen LogP contribution in [0.2, 0.25) is 0 Å². The van der Waals surface area contributed by atoms with Crippen LogP contribution in [-0.2, 0) is 13.6 Å². The molecule has 0 aromatic heterocycles. The normalized spacial score (nSPS) is 30.6. The van der Waals surface area contributed by atoms with Gasteiger partial charge in [-0.15, -0.1) is 0 Å². The second kappa shape index (κ2) is 14.1. The third-order valence-corrected chi connectivity index (χ3v) is 11.8. The van der Waals surface area contributed by atoms with Gasteiger partial charge in [-0.05, 0) is 79.2 Å². The average Bonchev–Trinajstić information content (AvgIpc) is 2.92. The summed E-state index contributed by atoms with van der Waals surface area (Å²) in [7, 11) is -3.68. The predicted molar refractivity (Wildman–Crippen MR) is 167 cm³/mol. The molecule has 0 spiro atoms. The van der Waals surface area contributed by atoms with Crippen LogP contribution in [0.25, 0.3) is 0 Å². The van der Waals surface area contributed by atoms with Crippen LogP contribution in [0.5, 0.6) is 0 Å². The fourth-order valence-corrected chi connectivity index (χ4v) is 9.55. The molecule has 2 aliphatic carbocycles. The molecule has 40 heavy (non-hydrogen) atoms. The molecule has 0 radical (unpaired) electrons. The van der Waals surface area contributed by atoms with Crippen molar-refractivity contribution in [2.75, 3.05) is 0 Å². The van der Waals surface area contributed by atoms with E-state index >= 15 is 4.57 Å². The number of hydrogen-bond donors (Lipinski definition) is 1. The Hall–Kier alpha value is -1.45. The van der Waals surface area contributed by atoms with Crippen LogP contribution in [0.3, 0.4) is 0 Å². The van der Waals surface area contributed by atoms with Gasteiger partial charge in [-0.2, -0.15) is 0 Å². The summed E-state index contributed by atoms with van der Waals surface area (Å²) in [5, 5.41) is 3.77.